The number of nitrogens with one attached hydrogen (secondary N) is 1. The molecule has 0 bridgehead atoms. The van der Waals surface area contributed by atoms with E-state index < -0.39 is 17.9 Å². The van der Waals surface area contributed by atoms with Crippen LogP contribution >= 0.6 is 0 Å². The van der Waals surface area contributed by atoms with Crippen molar-refractivity contribution >= 4 is 11.9 Å². The predicted molar refractivity (Wildman–Crippen MR) is 73.9 cm³/mol. The summed E-state index contributed by atoms with van der Waals surface area (Å²) in [6, 6.07) is 5.94. The molecule has 0 heterocycles. The van der Waals surface area contributed by atoms with Crippen LogP contribution in [0.5, 0.6) is 5.75 Å². The lowest BCUT2D eigenvalue weighted by Gasteiger charge is -2.14. The fourth-order valence-corrected chi connectivity index (χ4v) is 2.25. The molecule has 1 fully saturated rings. The average Bonchev–Trinajstić information content (AvgIpc) is 2.91. The Bertz CT molecular complexity index is 494. The standard InChI is InChI=1S/C15H19NO4/c1-10(15(18)19)16-14(17)11-5-4-8-13(9-11)20-12-6-2-3-7-12/h4-5,8-10,12H,2-3,6-7H2,1H3,(H,16,17)(H,18,19). The summed E-state index contributed by atoms with van der Waals surface area (Å²) in [6.07, 6.45) is 4.69. The van der Waals surface area contributed by atoms with Gasteiger partial charge in [0, 0.05) is 5.56 Å². The average molecular weight is 277 g/mol. The number of aliphatic carboxylic acids is 1. The van der Waals surface area contributed by atoms with Crippen molar-refractivity contribution in [1.29, 1.82) is 0 Å². The van der Waals surface area contributed by atoms with Crippen LogP contribution in [0.25, 0.3) is 0 Å². The summed E-state index contributed by atoms with van der Waals surface area (Å²) in [5, 5.41) is 11.2. The number of carbonyl (C=O) groups is 2. The van der Waals surface area contributed by atoms with Crippen LogP contribution in [0.15, 0.2) is 24.3 Å². The topological polar surface area (TPSA) is 75.6 Å². The van der Waals surface area contributed by atoms with Crippen LogP contribution in [0.3, 0.4) is 0 Å². The van der Waals surface area contributed by atoms with Crippen LogP contribution in [-0.2, 0) is 4.79 Å². The molecular weight excluding hydrogens is 258 g/mol. The van der Waals surface area contributed by atoms with Gasteiger partial charge in [0.05, 0.1) is 6.10 Å². The van der Waals surface area contributed by atoms with Gasteiger partial charge in [0.15, 0.2) is 0 Å². The summed E-state index contributed by atoms with van der Waals surface area (Å²) in [5.41, 5.74) is 0.411. The van der Waals surface area contributed by atoms with Crippen LogP contribution in [0.2, 0.25) is 0 Å². The van der Waals surface area contributed by atoms with E-state index in [1.165, 1.54) is 19.8 Å². The van der Waals surface area contributed by atoms with Gasteiger partial charge in [-0.1, -0.05) is 6.07 Å². The molecule has 1 aromatic carbocycles. The van der Waals surface area contributed by atoms with Crippen LogP contribution in [0, 0.1) is 0 Å². The van der Waals surface area contributed by atoms with E-state index >= 15 is 0 Å². The van der Waals surface area contributed by atoms with Crippen LogP contribution < -0.4 is 10.1 Å². The lowest BCUT2D eigenvalue weighted by Crippen LogP contribution is -2.38. The number of amides is 1. The van der Waals surface area contributed by atoms with E-state index in [1.807, 2.05) is 6.07 Å². The minimum atomic E-state index is -1.06. The Balaban J connectivity index is 2.01. The van der Waals surface area contributed by atoms with Crippen molar-refractivity contribution < 1.29 is 19.4 Å². The summed E-state index contributed by atoms with van der Waals surface area (Å²) < 4.78 is 5.82. The molecule has 2 rings (SSSR count). The highest BCUT2D eigenvalue weighted by Crippen LogP contribution is 2.24. The van der Waals surface area contributed by atoms with E-state index in [4.69, 9.17) is 9.84 Å². The molecule has 20 heavy (non-hydrogen) atoms. The van der Waals surface area contributed by atoms with E-state index in [0.29, 0.717) is 11.3 Å². The molecular formula is C15H19NO4. The number of benzene rings is 1. The molecule has 1 amide bonds. The first kappa shape index (κ1) is 14.4. The molecule has 0 spiro atoms. The summed E-state index contributed by atoms with van der Waals surface area (Å²) in [6.45, 7) is 1.43. The lowest BCUT2D eigenvalue weighted by molar-refractivity contribution is -0.138. The maximum Gasteiger partial charge on any atom is 0.325 e. The van der Waals surface area contributed by atoms with Crippen molar-refractivity contribution in [2.24, 2.45) is 0 Å². The van der Waals surface area contributed by atoms with Gasteiger partial charge in [0.1, 0.15) is 11.8 Å². The van der Waals surface area contributed by atoms with Crippen LogP contribution in [-0.4, -0.2) is 29.1 Å². The van der Waals surface area contributed by atoms with Crippen molar-refractivity contribution in [1.82, 2.24) is 5.32 Å². The third-order valence-electron chi connectivity index (χ3n) is 3.42. The highest BCUT2D eigenvalue weighted by Gasteiger charge is 2.18. The monoisotopic (exact) mass is 277 g/mol. The van der Waals surface area contributed by atoms with E-state index in [2.05, 4.69) is 5.32 Å². The highest BCUT2D eigenvalue weighted by atomic mass is 16.5. The molecule has 5 heteroatoms. The molecule has 2 N–H and O–H groups in total. The Morgan fingerprint density at radius 3 is 2.70 bits per heavy atom. The molecule has 1 aromatic rings. The van der Waals surface area contributed by atoms with E-state index in [1.54, 1.807) is 18.2 Å². The number of ether oxygens (including phenoxy) is 1. The third kappa shape index (κ3) is 3.73. The number of carboxylic acid groups (broad SMARTS) is 1. The van der Waals surface area contributed by atoms with Crippen LogP contribution in [0.1, 0.15) is 43.0 Å². The summed E-state index contributed by atoms with van der Waals surface area (Å²) >= 11 is 0. The number of carboxylic acids is 1. The van der Waals surface area contributed by atoms with Gasteiger partial charge in [-0.15, -0.1) is 0 Å². The van der Waals surface area contributed by atoms with Crippen molar-refractivity contribution in [2.45, 2.75) is 44.8 Å². The molecule has 0 aliphatic heterocycles. The quantitative estimate of drug-likeness (QED) is 0.865. The van der Waals surface area contributed by atoms with Crippen molar-refractivity contribution in [2.75, 3.05) is 0 Å². The van der Waals surface area contributed by atoms with E-state index in [-0.39, 0.29) is 6.10 Å². The maximum absolute atomic E-state index is 11.9. The van der Waals surface area contributed by atoms with Crippen molar-refractivity contribution in [3.8, 4) is 5.75 Å². The van der Waals surface area contributed by atoms with Gasteiger partial charge in [-0.3, -0.25) is 9.59 Å². The zero-order chi connectivity index (χ0) is 14.5. The summed E-state index contributed by atoms with van der Waals surface area (Å²) in [4.78, 5) is 22.6. The Kier molecular flexibility index (Phi) is 4.61. The van der Waals surface area contributed by atoms with E-state index in [9.17, 15) is 9.59 Å². The maximum atomic E-state index is 11.9. The van der Waals surface area contributed by atoms with Gasteiger partial charge < -0.3 is 15.2 Å². The first-order valence-corrected chi connectivity index (χ1v) is 6.86. The molecule has 0 radical (unpaired) electrons. The molecule has 5 nitrogen and oxygen atoms in total. The number of carbonyl (C=O) groups excluding carboxylic acids is 1. The Morgan fingerprint density at radius 1 is 1.35 bits per heavy atom. The lowest BCUT2D eigenvalue weighted by atomic mass is 10.2. The molecule has 0 aromatic heterocycles. The first-order valence-electron chi connectivity index (χ1n) is 6.86. The van der Waals surface area contributed by atoms with E-state index in [0.717, 1.165) is 12.8 Å². The molecule has 1 saturated carbocycles. The van der Waals surface area contributed by atoms with Gasteiger partial charge >= 0.3 is 5.97 Å². The molecule has 0 saturated heterocycles. The second-order valence-electron chi connectivity index (χ2n) is 5.09. The second kappa shape index (κ2) is 6.41. The van der Waals surface area contributed by atoms with Gasteiger partial charge in [-0.05, 0) is 50.8 Å². The zero-order valence-corrected chi connectivity index (χ0v) is 11.5. The summed E-state index contributed by atoms with van der Waals surface area (Å²) in [7, 11) is 0. The van der Waals surface area contributed by atoms with Gasteiger partial charge in [-0.25, -0.2) is 0 Å². The zero-order valence-electron chi connectivity index (χ0n) is 11.5. The number of hydrogen-bond acceptors (Lipinski definition) is 3. The first-order chi connectivity index (χ1) is 9.56. The number of rotatable bonds is 5. The summed E-state index contributed by atoms with van der Waals surface area (Å²) in [5.74, 6) is -0.805. The minimum Gasteiger partial charge on any atom is -0.490 e. The van der Waals surface area contributed by atoms with Crippen LogP contribution in [0.4, 0.5) is 0 Å². The fourth-order valence-electron chi connectivity index (χ4n) is 2.25. The third-order valence-corrected chi connectivity index (χ3v) is 3.42. The molecule has 1 aliphatic carbocycles. The largest absolute Gasteiger partial charge is 0.490 e. The Labute approximate surface area is 117 Å². The Hall–Kier alpha value is -2.04. The molecule has 1 atom stereocenters. The predicted octanol–water partition coefficient (Wildman–Crippen LogP) is 2.21. The van der Waals surface area contributed by atoms with Gasteiger partial charge in [0.25, 0.3) is 5.91 Å². The highest BCUT2D eigenvalue weighted by molar-refractivity contribution is 5.96. The normalized spacial score (nSPS) is 16.6. The van der Waals surface area contributed by atoms with Gasteiger partial charge in [0.2, 0.25) is 0 Å². The SMILES string of the molecule is CC(NC(=O)c1cccc(OC2CCCC2)c1)C(=O)O. The molecule has 108 valence electrons. The van der Waals surface area contributed by atoms with Crippen molar-refractivity contribution in [3.63, 3.8) is 0 Å². The molecule has 1 unspecified atom stereocenters. The van der Waals surface area contributed by atoms with Crippen molar-refractivity contribution in [3.05, 3.63) is 29.8 Å². The van der Waals surface area contributed by atoms with Gasteiger partial charge in [-0.2, -0.15) is 0 Å². The smallest absolute Gasteiger partial charge is 0.325 e. The molecule has 1 aliphatic rings. The fraction of sp³-hybridized carbons (Fsp3) is 0.467. The minimum absolute atomic E-state index is 0.228. The second-order valence-corrected chi connectivity index (χ2v) is 5.09. The Morgan fingerprint density at radius 2 is 2.05 bits per heavy atom. The number of hydrogen-bond donors (Lipinski definition) is 2.